The fourth-order valence-corrected chi connectivity index (χ4v) is 3.91. The number of halogens is 1. The lowest BCUT2D eigenvalue weighted by Gasteiger charge is -2.14. The molecule has 0 amide bonds. The number of nitrogens with zero attached hydrogens (tertiary/aromatic N) is 1. The summed E-state index contributed by atoms with van der Waals surface area (Å²) in [6, 6.07) is 3.16. The summed E-state index contributed by atoms with van der Waals surface area (Å²) in [5.74, 6) is 0. The van der Waals surface area contributed by atoms with Gasteiger partial charge in [0.25, 0.3) is 0 Å². The lowest BCUT2D eigenvalue weighted by molar-refractivity contribution is 0.606. The minimum atomic E-state index is 0.281. The van der Waals surface area contributed by atoms with Crippen molar-refractivity contribution in [2.24, 2.45) is 0 Å². The topological polar surface area (TPSA) is 24.9 Å². The average molecular weight is 315 g/mol. The van der Waals surface area contributed by atoms with E-state index in [2.05, 4.69) is 37.7 Å². The molecule has 1 N–H and O–H groups in total. The molecule has 0 saturated heterocycles. The first kappa shape index (κ1) is 10.9. The van der Waals surface area contributed by atoms with Crippen molar-refractivity contribution in [2.45, 2.75) is 24.9 Å². The number of thiophene rings is 1. The van der Waals surface area contributed by atoms with E-state index in [1.165, 1.54) is 22.7 Å². The largest absolute Gasteiger partial charge is 0.301 e. The number of aromatic nitrogens is 1. The van der Waals surface area contributed by atoms with Gasteiger partial charge in [-0.1, -0.05) is 0 Å². The number of hydrogen-bond acceptors (Lipinski definition) is 4. The summed E-state index contributed by atoms with van der Waals surface area (Å²) in [6.45, 7) is 0. The normalized spacial score (nSPS) is 17.6. The van der Waals surface area contributed by atoms with Crippen LogP contribution in [0.25, 0.3) is 0 Å². The van der Waals surface area contributed by atoms with E-state index in [1.807, 2.05) is 11.6 Å². The van der Waals surface area contributed by atoms with E-state index >= 15 is 0 Å². The van der Waals surface area contributed by atoms with Crippen LogP contribution in [0.15, 0.2) is 27.5 Å². The van der Waals surface area contributed by atoms with Crippen molar-refractivity contribution in [2.75, 3.05) is 0 Å². The molecule has 3 rings (SSSR count). The van der Waals surface area contributed by atoms with Crippen LogP contribution in [0.4, 0.5) is 0 Å². The standard InChI is InChI=1S/C11H11BrN2S2/c12-7-5-9(16-6-7)10(14-8-1-2-8)11-13-3-4-15-11/h3-6,8,10,14H,1-2H2. The molecule has 0 bridgehead atoms. The Morgan fingerprint density at radius 1 is 1.44 bits per heavy atom. The maximum atomic E-state index is 4.43. The predicted octanol–water partition coefficient (Wildman–Crippen LogP) is 3.81. The third-order valence-electron chi connectivity index (χ3n) is 2.55. The molecule has 1 unspecified atom stereocenters. The molecule has 2 aromatic rings. The number of hydrogen-bond donors (Lipinski definition) is 1. The van der Waals surface area contributed by atoms with Gasteiger partial charge in [0.05, 0.1) is 6.04 Å². The third-order valence-corrected chi connectivity index (χ3v) is 5.15. The Bertz CT molecular complexity index is 462. The van der Waals surface area contributed by atoms with Crippen molar-refractivity contribution in [3.63, 3.8) is 0 Å². The molecule has 5 heteroatoms. The Morgan fingerprint density at radius 3 is 2.88 bits per heavy atom. The highest BCUT2D eigenvalue weighted by atomic mass is 79.9. The zero-order valence-corrected chi connectivity index (χ0v) is 11.7. The fraction of sp³-hybridized carbons (Fsp3) is 0.364. The van der Waals surface area contributed by atoms with E-state index in [4.69, 9.17) is 0 Å². The first-order chi connectivity index (χ1) is 7.83. The van der Waals surface area contributed by atoms with Crippen LogP contribution in [0, 0.1) is 0 Å². The van der Waals surface area contributed by atoms with Crippen LogP contribution in [-0.2, 0) is 0 Å². The van der Waals surface area contributed by atoms with Crippen molar-refractivity contribution in [1.82, 2.24) is 10.3 Å². The minimum Gasteiger partial charge on any atom is -0.301 e. The summed E-state index contributed by atoms with van der Waals surface area (Å²) < 4.78 is 1.16. The van der Waals surface area contributed by atoms with Crippen molar-refractivity contribution in [3.05, 3.63) is 37.4 Å². The molecule has 1 atom stereocenters. The first-order valence-corrected chi connectivity index (χ1v) is 7.77. The van der Waals surface area contributed by atoms with Gasteiger partial charge in [0.15, 0.2) is 0 Å². The van der Waals surface area contributed by atoms with Crippen LogP contribution in [0.3, 0.4) is 0 Å². The summed E-state index contributed by atoms with van der Waals surface area (Å²) in [5, 5.41) is 9.00. The van der Waals surface area contributed by atoms with Gasteiger partial charge in [-0.15, -0.1) is 22.7 Å². The number of thiazole rings is 1. The van der Waals surface area contributed by atoms with Crippen LogP contribution in [0.2, 0.25) is 0 Å². The zero-order chi connectivity index (χ0) is 11.0. The first-order valence-electron chi connectivity index (χ1n) is 5.22. The Balaban J connectivity index is 1.88. The molecule has 2 heterocycles. The van der Waals surface area contributed by atoms with E-state index in [-0.39, 0.29) is 6.04 Å². The Kier molecular flexibility index (Phi) is 3.11. The second-order valence-electron chi connectivity index (χ2n) is 3.91. The van der Waals surface area contributed by atoms with Gasteiger partial charge < -0.3 is 5.32 Å². The summed E-state index contributed by atoms with van der Waals surface area (Å²) in [6.07, 6.45) is 4.48. The van der Waals surface area contributed by atoms with Gasteiger partial charge >= 0.3 is 0 Å². The highest BCUT2D eigenvalue weighted by molar-refractivity contribution is 9.10. The van der Waals surface area contributed by atoms with Crippen LogP contribution in [0.1, 0.15) is 28.8 Å². The van der Waals surface area contributed by atoms with Gasteiger partial charge in [0.1, 0.15) is 5.01 Å². The quantitative estimate of drug-likeness (QED) is 0.928. The van der Waals surface area contributed by atoms with Gasteiger partial charge in [-0.2, -0.15) is 0 Å². The summed E-state index contributed by atoms with van der Waals surface area (Å²) >= 11 is 7.02. The molecule has 0 aromatic carbocycles. The smallest absolute Gasteiger partial charge is 0.115 e. The summed E-state index contributed by atoms with van der Waals surface area (Å²) in [4.78, 5) is 5.77. The highest BCUT2D eigenvalue weighted by Crippen LogP contribution is 2.34. The van der Waals surface area contributed by atoms with E-state index in [9.17, 15) is 0 Å². The molecule has 2 aromatic heterocycles. The second kappa shape index (κ2) is 4.56. The molecule has 1 fully saturated rings. The third kappa shape index (κ3) is 2.37. The maximum absolute atomic E-state index is 4.43. The summed E-state index contributed by atoms with van der Waals surface area (Å²) in [5.41, 5.74) is 0. The van der Waals surface area contributed by atoms with Crippen LogP contribution >= 0.6 is 38.6 Å². The Labute approximate surface area is 111 Å². The molecule has 1 aliphatic rings. The molecule has 16 heavy (non-hydrogen) atoms. The second-order valence-corrected chi connectivity index (χ2v) is 6.70. The number of rotatable bonds is 4. The molecule has 1 aliphatic carbocycles. The van der Waals surface area contributed by atoms with Crippen LogP contribution < -0.4 is 5.32 Å². The predicted molar refractivity (Wildman–Crippen MR) is 72.1 cm³/mol. The SMILES string of the molecule is Brc1csc(C(NC2CC2)c2nccs2)c1. The monoisotopic (exact) mass is 314 g/mol. The van der Waals surface area contributed by atoms with Gasteiger partial charge in [-0.3, -0.25) is 0 Å². The Hall–Kier alpha value is -0.230. The molecule has 84 valence electrons. The van der Waals surface area contributed by atoms with Crippen LogP contribution in [-0.4, -0.2) is 11.0 Å². The van der Waals surface area contributed by atoms with Crippen LogP contribution in [0.5, 0.6) is 0 Å². The molecule has 0 radical (unpaired) electrons. The Morgan fingerprint density at radius 2 is 2.31 bits per heavy atom. The van der Waals surface area contributed by atoms with Gasteiger partial charge in [-0.25, -0.2) is 4.98 Å². The minimum absolute atomic E-state index is 0.281. The molecule has 2 nitrogen and oxygen atoms in total. The lowest BCUT2D eigenvalue weighted by atomic mass is 10.2. The maximum Gasteiger partial charge on any atom is 0.115 e. The lowest BCUT2D eigenvalue weighted by Crippen LogP contribution is -2.23. The van der Waals surface area contributed by atoms with Gasteiger partial charge in [0.2, 0.25) is 0 Å². The van der Waals surface area contributed by atoms with Gasteiger partial charge in [-0.05, 0) is 34.8 Å². The molecular formula is C11H11BrN2S2. The van der Waals surface area contributed by atoms with Crippen molar-refractivity contribution >= 4 is 38.6 Å². The van der Waals surface area contributed by atoms with E-state index in [0.29, 0.717) is 6.04 Å². The van der Waals surface area contributed by atoms with Crippen molar-refractivity contribution < 1.29 is 0 Å². The van der Waals surface area contributed by atoms with E-state index < -0.39 is 0 Å². The fourth-order valence-electron chi connectivity index (χ4n) is 1.62. The van der Waals surface area contributed by atoms with E-state index in [1.54, 1.807) is 22.7 Å². The summed E-state index contributed by atoms with van der Waals surface area (Å²) in [7, 11) is 0. The zero-order valence-electron chi connectivity index (χ0n) is 8.52. The molecular weight excluding hydrogens is 304 g/mol. The van der Waals surface area contributed by atoms with Crippen molar-refractivity contribution in [1.29, 1.82) is 0 Å². The molecule has 0 aliphatic heterocycles. The molecule has 0 spiro atoms. The van der Waals surface area contributed by atoms with Crippen molar-refractivity contribution in [3.8, 4) is 0 Å². The number of nitrogens with one attached hydrogen (secondary N) is 1. The van der Waals surface area contributed by atoms with Gasteiger partial charge in [0, 0.05) is 32.3 Å². The van der Waals surface area contributed by atoms with E-state index in [0.717, 1.165) is 4.47 Å². The highest BCUT2D eigenvalue weighted by Gasteiger charge is 2.28. The average Bonchev–Trinajstić information content (AvgIpc) is 2.79. The molecule has 1 saturated carbocycles.